The second-order valence-corrected chi connectivity index (χ2v) is 5.34. The lowest BCUT2D eigenvalue weighted by Gasteiger charge is -2.11. The van der Waals surface area contributed by atoms with E-state index in [9.17, 15) is 4.79 Å². The van der Waals surface area contributed by atoms with Crippen LogP contribution in [0.2, 0.25) is 10.0 Å². The number of halogens is 2. The van der Waals surface area contributed by atoms with E-state index in [1.165, 1.54) is 0 Å². The molecule has 3 nitrogen and oxygen atoms in total. The fourth-order valence-corrected chi connectivity index (χ4v) is 2.55. The number of rotatable bonds is 4. The molecule has 0 radical (unpaired) electrons. The van der Waals surface area contributed by atoms with Crippen LogP contribution in [0.5, 0.6) is 0 Å². The first-order valence-electron chi connectivity index (χ1n) is 6.09. The monoisotopic (exact) mass is 286 g/mol. The molecule has 5 heteroatoms. The van der Waals surface area contributed by atoms with Crippen molar-refractivity contribution < 1.29 is 4.79 Å². The molecule has 2 N–H and O–H groups in total. The highest BCUT2D eigenvalue weighted by molar-refractivity contribution is 6.35. The molecule has 1 aromatic rings. The average Bonchev–Trinajstić information content (AvgIpc) is 2.80. The minimum absolute atomic E-state index is 0.0784. The summed E-state index contributed by atoms with van der Waals surface area (Å²) in [6, 6.07) is 5.65. The number of hydrogen-bond donors (Lipinski definition) is 2. The van der Waals surface area contributed by atoms with E-state index in [-0.39, 0.29) is 11.9 Å². The topological polar surface area (TPSA) is 41.1 Å². The van der Waals surface area contributed by atoms with Crippen molar-refractivity contribution in [3.63, 3.8) is 0 Å². The van der Waals surface area contributed by atoms with E-state index in [0.717, 1.165) is 25.1 Å². The molecule has 0 spiro atoms. The van der Waals surface area contributed by atoms with Gasteiger partial charge in [-0.2, -0.15) is 0 Å². The summed E-state index contributed by atoms with van der Waals surface area (Å²) in [5.41, 5.74) is 0.959. The predicted octanol–water partition coefficient (Wildman–Crippen LogP) is 2.40. The van der Waals surface area contributed by atoms with Crippen molar-refractivity contribution >= 4 is 29.1 Å². The highest BCUT2D eigenvalue weighted by Crippen LogP contribution is 2.22. The van der Waals surface area contributed by atoms with Crippen LogP contribution in [-0.4, -0.2) is 25.0 Å². The standard InChI is InChI=1S/C13H16Cl2N2O/c14-10-3-1-9(12(15)7-10)2-4-13(18)17-11-5-6-16-8-11/h1,3,7,11,16H,2,4-6,8H2,(H,17,18). The second kappa shape index (κ2) is 6.41. The predicted molar refractivity (Wildman–Crippen MR) is 74.2 cm³/mol. The van der Waals surface area contributed by atoms with Crippen LogP contribution in [0.15, 0.2) is 18.2 Å². The molecule has 1 aliphatic heterocycles. The van der Waals surface area contributed by atoms with E-state index in [4.69, 9.17) is 23.2 Å². The zero-order valence-electron chi connectivity index (χ0n) is 10.0. The van der Waals surface area contributed by atoms with Gasteiger partial charge in [-0.3, -0.25) is 4.79 Å². The Labute approximate surface area is 117 Å². The highest BCUT2D eigenvalue weighted by atomic mass is 35.5. The van der Waals surface area contributed by atoms with Gasteiger partial charge in [0.15, 0.2) is 0 Å². The summed E-state index contributed by atoms with van der Waals surface area (Å²) in [5.74, 6) is 0.0784. The van der Waals surface area contributed by atoms with Crippen molar-refractivity contribution in [1.82, 2.24) is 10.6 Å². The third kappa shape index (κ3) is 3.87. The second-order valence-electron chi connectivity index (χ2n) is 4.49. The zero-order valence-corrected chi connectivity index (χ0v) is 11.5. The van der Waals surface area contributed by atoms with Crippen molar-refractivity contribution in [1.29, 1.82) is 0 Å². The van der Waals surface area contributed by atoms with Crippen LogP contribution in [-0.2, 0) is 11.2 Å². The van der Waals surface area contributed by atoms with Crippen LogP contribution >= 0.6 is 23.2 Å². The van der Waals surface area contributed by atoms with Gasteiger partial charge in [-0.15, -0.1) is 0 Å². The molecule has 0 aromatic heterocycles. The molecule has 1 aromatic carbocycles. The lowest BCUT2D eigenvalue weighted by Crippen LogP contribution is -2.36. The fraction of sp³-hybridized carbons (Fsp3) is 0.462. The molecule has 1 unspecified atom stereocenters. The first-order chi connectivity index (χ1) is 8.65. The molecule has 0 aliphatic carbocycles. The number of amides is 1. The molecule has 0 saturated carbocycles. The van der Waals surface area contributed by atoms with E-state index in [0.29, 0.717) is 22.9 Å². The molecule has 98 valence electrons. The van der Waals surface area contributed by atoms with Crippen LogP contribution < -0.4 is 10.6 Å². The molecule has 1 saturated heterocycles. The Morgan fingerprint density at radius 3 is 2.94 bits per heavy atom. The Balaban J connectivity index is 1.81. The third-order valence-corrected chi connectivity index (χ3v) is 3.65. The summed E-state index contributed by atoms with van der Waals surface area (Å²) >= 11 is 11.9. The maximum absolute atomic E-state index is 11.7. The van der Waals surface area contributed by atoms with Gasteiger partial charge in [0, 0.05) is 29.1 Å². The first kappa shape index (κ1) is 13.7. The summed E-state index contributed by atoms with van der Waals surface area (Å²) in [5, 5.41) is 7.46. The van der Waals surface area contributed by atoms with Crippen LogP contribution in [0.1, 0.15) is 18.4 Å². The summed E-state index contributed by atoms with van der Waals surface area (Å²) in [7, 11) is 0. The van der Waals surface area contributed by atoms with Crippen molar-refractivity contribution in [3.05, 3.63) is 33.8 Å². The van der Waals surface area contributed by atoms with Crippen LogP contribution in [0, 0.1) is 0 Å². The van der Waals surface area contributed by atoms with E-state index < -0.39 is 0 Å². The smallest absolute Gasteiger partial charge is 0.220 e. The largest absolute Gasteiger partial charge is 0.352 e. The molecule has 1 atom stereocenters. The van der Waals surface area contributed by atoms with Gasteiger partial charge >= 0.3 is 0 Å². The maximum Gasteiger partial charge on any atom is 0.220 e. The molecular weight excluding hydrogens is 271 g/mol. The van der Waals surface area contributed by atoms with Crippen LogP contribution in [0.4, 0.5) is 0 Å². The summed E-state index contributed by atoms with van der Waals surface area (Å²) < 4.78 is 0. The van der Waals surface area contributed by atoms with Crippen molar-refractivity contribution in [3.8, 4) is 0 Å². The van der Waals surface area contributed by atoms with Gasteiger partial charge in [-0.1, -0.05) is 29.3 Å². The molecule has 18 heavy (non-hydrogen) atoms. The van der Waals surface area contributed by atoms with E-state index in [1.54, 1.807) is 12.1 Å². The molecule has 0 bridgehead atoms. The minimum atomic E-state index is 0.0784. The van der Waals surface area contributed by atoms with E-state index in [2.05, 4.69) is 10.6 Å². The van der Waals surface area contributed by atoms with Crippen molar-refractivity contribution in [2.24, 2.45) is 0 Å². The number of carbonyl (C=O) groups is 1. The summed E-state index contributed by atoms with van der Waals surface area (Å²) in [4.78, 5) is 11.7. The zero-order chi connectivity index (χ0) is 13.0. The average molecular weight is 287 g/mol. The Hall–Kier alpha value is -0.770. The van der Waals surface area contributed by atoms with Gasteiger partial charge in [0.25, 0.3) is 0 Å². The minimum Gasteiger partial charge on any atom is -0.352 e. The molecule has 2 rings (SSSR count). The summed E-state index contributed by atoms with van der Waals surface area (Å²) in [6.07, 6.45) is 2.10. The first-order valence-corrected chi connectivity index (χ1v) is 6.85. The lowest BCUT2D eigenvalue weighted by molar-refractivity contribution is -0.121. The van der Waals surface area contributed by atoms with Crippen molar-refractivity contribution in [2.75, 3.05) is 13.1 Å². The van der Waals surface area contributed by atoms with E-state index >= 15 is 0 Å². The van der Waals surface area contributed by atoms with E-state index in [1.807, 2.05) is 6.07 Å². The number of hydrogen-bond acceptors (Lipinski definition) is 2. The number of nitrogens with one attached hydrogen (secondary N) is 2. The fourth-order valence-electron chi connectivity index (χ4n) is 2.05. The Kier molecular flexibility index (Phi) is 4.87. The SMILES string of the molecule is O=C(CCc1ccc(Cl)cc1Cl)NC1CCNC1. The normalized spacial score (nSPS) is 18.9. The summed E-state index contributed by atoms with van der Waals surface area (Å²) in [6.45, 7) is 1.85. The van der Waals surface area contributed by atoms with Gasteiger partial charge in [-0.25, -0.2) is 0 Å². The Morgan fingerprint density at radius 1 is 1.44 bits per heavy atom. The van der Waals surface area contributed by atoms with Gasteiger partial charge in [0.1, 0.15) is 0 Å². The van der Waals surface area contributed by atoms with Gasteiger partial charge in [0.2, 0.25) is 5.91 Å². The van der Waals surface area contributed by atoms with Crippen molar-refractivity contribution in [2.45, 2.75) is 25.3 Å². The van der Waals surface area contributed by atoms with Crippen LogP contribution in [0.25, 0.3) is 0 Å². The molecule has 1 amide bonds. The Bertz CT molecular complexity index is 431. The third-order valence-electron chi connectivity index (χ3n) is 3.06. The number of carbonyl (C=O) groups excluding carboxylic acids is 1. The molecular formula is C13H16Cl2N2O. The number of benzene rings is 1. The highest BCUT2D eigenvalue weighted by Gasteiger charge is 2.16. The number of aryl methyl sites for hydroxylation is 1. The quantitative estimate of drug-likeness (QED) is 0.893. The molecule has 1 fully saturated rings. The maximum atomic E-state index is 11.7. The van der Waals surface area contributed by atoms with Gasteiger partial charge in [-0.05, 0) is 37.1 Å². The van der Waals surface area contributed by atoms with Crippen LogP contribution in [0.3, 0.4) is 0 Å². The lowest BCUT2D eigenvalue weighted by atomic mass is 10.1. The molecule has 1 aliphatic rings. The van der Waals surface area contributed by atoms with Gasteiger partial charge in [0.05, 0.1) is 0 Å². The molecule has 1 heterocycles. The van der Waals surface area contributed by atoms with Gasteiger partial charge < -0.3 is 10.6 Å². The Morgan fingerprint density at radius 2 is 2.28 bits per heavy atom.